The summed E-state index contributed by atoms with van der Waals surface area (Å²) < 4.78 is 0. The third kappa shape index (κ3) is 16.5. The van der Waals surface area contributed by atoms with Crippen LogP contribution in [0.15, 0.2) is 0 Å². The van der Waals surface area contributed by atoms with Gasteiger partial charge in [-0.1, -0.05) is 13.8 Å². The molecule has 0 spiro atoms. The maximum atomic E-state index is 9.57. The monoisotopic (exact) mass is 220 g/mol. The maximum Gasteiger partial charge on any atom is 1.00 e. The molecule has 6 nitrogen and oxygen atoms in total. The normalized spacial score (nSPS) is 11.8. The smallest absolute Gasteiger partial charge is 0.547 e. The van der Waals surface area contributed by atoms with Crippen LogP contribution in [-0.2, 0) is 9.59 Å². The van der Waals surface area contributed by atoms with Crippen molar-refractivity contribution < 1.29 is 67.7 Å². The van der Waals surface area contributed by atoms with Crippen molar-refractivity contribution in [2.24, 2.45) is 0 Å². The first-order valence-electron chi connectivity index (χ1n) is 4.14. The number of carbonyl (C=O) groups is 2. The predicted molar refractivity (Wildman–Crippen MR) is 42.6 cm³/mol. The number of carboxylic acid groups (broad SMARTS) is 2. The zero-order valence-electron chi connectivity index (χ0n) is 10.1. The summed E-state index contributed by atoms with van der Waals surface area (Å²) in [6.07, 6.45) is -2.16. The number of aliphatic hydroxyl groups excluding tert-OH is 2. The molecular weight excluding hydrogens is 206 g/mol. The first-order valence-corrected chi connectivity index (χ1v) is 4.14. The van der Waals surface area contributed by atoms with Crippen LogP contribution in [0.5, 0.6) is 0 Å². The molecule has 2 N–H and O–H groups in total. The number of carboxylic acids is 2. The first kappa shape index (κ1) is 25.0. The summed E-state index contributed by atoms with van der Waals surface area (Å²) >= 11 is 0. The van der Waals surface area contributed by atoms with Crippen LogP contribution in [0.4, 0.5) is 0 Å². The fourth-order valence-electron chi connectivity index (χ4n) is 0.333. The summed E-state index contributed by atoms with van der Waals surface area (Å²) in [5.74, 6) is -2.80. The molecule has 2 atom stereocenters. The first-order chi connectivity index (χ1) is 6.36. The van der Waals surface area contributed by atoms with Gasteiger partial charge >= 0.3 is 37.7 Å². The van der Waals surface area contributed by atoms with Gasteiger partial charge in [-0.3, -0.25) is 0 Å². The van der Waals surface area contributed by atoms with Gasteiger partial charge in [0.2, 0.25) is 0 Å². The zero-order chi connectivity index (χ0) is 11.7. The van der Waals surface area contributed by atoms with E-state index in [1.807, 2.05) is 0 Å². The number of carbonyl (C=O) groups excluding carboxylic acids is 2. The van der Waals surface area contributed by atoms with E-state index < -0.39 is 24.1 Å². The van der Waals surface area contributed by atoms with Crippen molar-refractivity contribution in [1.82, 2.24) is 0 Å². The van der Waals surface area contributed by atoms with E-state index in [2.05, 4.69) is 0 Å². The average Bonchev–Trinajstić information content (AvgIpc) is 2.15. The Morgan fingerprint density at radius 3 is 1.12 bits per heavy atom. The van der Waals surface area contributed by atoms with E-state index in [0.717, 1.165) is 0 Å². The number of aliphatic carboxylic acids is 2. The quantitative estimate of drug-likeness (QED) is 0.454. The third-order valence-electron chi connectivity index (χ3n) is 1.32. The van der Waals surface area contributed by atoms with Crippen molar-refractivity contribution in [1.29, 1.82) is 0 Å². The van der Waals surface area contributed by atoms with Gasteiger partial charge in [0, 0.05) is 0 Å². The van der Waals surface area contributed by atoms with Crippen molar-refractivity contribution in [3.8, 4) is 0 Å². The number of hydrogen-bond acceptors (Lipinski definition) is 6. The maximum absolute atomic E-state index is 9.57. The minimum Gasteiger partial charge on any atom is -0.547 e. The van der Waals surface area contributed by atoms with Gasteiger partial charge in [-0.25, -0.2) is 0 Å². The molecular formula is C8H14Li2O6. The molecule has 0 amide bonds. The van der Waals surface area contributed by atoms with E-state index in [4.69, 9.17) is 10.2 Å². The number of rotatable bonds is 4. The summed E-state index contributed by atoms with van der Waals surface area (Å²) in [6, 6.07) is 0. The summed E-state index contributed by atoms with van der Waals surface area (Å²) in [5.41, 5.74) is 0. The Morgan fingerprint density at radius 2 is 1.12 bits per heavy atom. The molecule has 0 aromatic heterocycles. The van der Waals surface area contributed by atoms with Crippen LogP contribution >= 0.6 is 0 Å². The Bertz CT molecular complexity index is 167. The van der Waals surface area contributed by atoms with Crippen LogP contribution < -0.4 is 47.9 Å². The Balaban J connectivity index is -0.0000000800. The molecule has 0 radical (unpaired) electrons. The molecule has 0 bridgehead atoms. The molecule has 84 valence electrons. The molecule has 8 heteroatoms. The van der Waals surface area contributed by atoms with Gasteiger partial charge in [0.1, 0.15) is 0 Å². The Labute approximate surface area is 118 Å². The topological polar surface area (TPSA) is 121 Å². The van der Waals surface area contributed by atoms with Gasteiger partial charge in [-0.2, -0.15) is 0 Å². The average molecular weight is 220 g/mol. The molecule has 0 aliphatic rings. The summed E-state index contributed by atoms with van der Waals surface area (Å²) in [4.78, 5) is 19.1. The van der Waals surface area contributed by atoms with E-state index in [-0.39, 0.29) is 50.6 Å². The van der Waals surface area contributed by atoms with E-state index in [0.29, 0.717) is 0 Å². The van der Waals surface area contributed by atoms with Gasteiger partial charge in [0.15, 0.2) is 0 Å². The number of hydrogen-bond donors (Lipinski definition) is 2. The second-order valence-corrected chi connectivity index (χ2v) is 2.49. The molecule has 0 fully saturated rings. The van der Waals surface area contributed by atoms with Gasteiger partial charge in [0.05, 0.1) is 24.1 Å². The second-order valence-electron chi connectivity index (χ2n) is 2.49. The van der Waals surface area contributed by atoms with Crippen LogP contribution in [0.2, 0.25) is 0 Å². The fraction of sp³-hybridized carbons (Fsp3) is 0.750. The van der Waals surface area contributed by atoms with Crippen LogP contribution in [0.3, 0.4) is 0 Å². The Hall–Kier alpha value is 0.0548. The van der Waals surface area contributed by atoms with E-state index >= 15 is 0 Å². The van der Waals surface area contributed by atoms with E-state index in [1.165, 1.54) is 0 Å². The van der Waals surface area contributed by atoms with Gasteiger partial charge in [-0.05, 0) is 12.8 Å². The second kappa shape index (κ2) is 15.1. The van der Waals surface area contributed by atoms with Crippen molar-refractivity contribution in [3.05, 3.63) is 0 Å². The van der Waals surface area contributed by atoms with Gasteiger partial charge < -0.3 is 30.0 Å². The predicted octanol–water partition coefficient (Wildman–Crippen LogP) is -8.98. The SMILES string of the molecule is CCC(O)C(=O)[O-].CCC(O)C(=O)[O-].[Li+].[Li+]. The van der Waals surface area contributed by atoms with E-state index in [1.54, 1.807) is 13.8 Å². The molecule has 0 aromatic rings. The zero-order valence-corrected chi connectivity index (χ0v) is 10.1. The van der Waals surface area contributed by atoms with E-state index in [9.17, 15) is 19.8 Å². The summed E-state index contributed by atoms with van der Waals surface area (Å²) in [6.45, 7) is 3.14. The van der Waals surface area contributed by atoms with Gasteiger partial charge in [-0.15, -0.1) is 0 Å². The molecule has 0 saturated heterocycles. The Kier molecular flexibility index (Phi) is 23.6. The fourth-order valence-corrected chi connectivity index (χ4v) is 0.333. The molecule has 0 rings (SSSR count). The van der Waals surface area contributed by atoms with Crippen molar-refractivity contribution >= 4 is 11.9 Å². The molecule has 0 aromatic carbocycles. The van der Waals surface area contributed by atoms with Crippen LogP contribution in [0.1, 0.15) is 26.7 Å². The minimum absolute atomic E-state index is 0. The third-order valence-corrected chi connectivity index (χ3v) is 1.32. The van der Waals surface area contributed by atoms with Crippen molar-refractivity contribution in [2.75, 3.05) is 0 Å². The van der Waals surface area contributed by atoms with Crippen LogP contribution in [-0.4, -0.2) is 34.4 Å². The number of aliphatic hydroxyl groups is 2. The molecule has 16 heavy (non-hydrogen) atoms. The molecule has 0 saturated carbocycles. The summed E-state index contributed by atoms with van der Waals surface area (Å²) in [7, 11) is 0. The largest absolute Gasteiger partial charge is 1.00 e. The minimum atomic E-state index is -1.40. The molecule has 2 unspecified atom stereocenters. The Morgan fingerprint density at radius 1 is 0.938 bits per heavy atom. The molecule has 0 aliphatic heterocycles. The standard InChI is InChI=1S/2C4H8O3.2Li/c2*1-2-3(5)4(6)7;;/h2*3,5H,2H2,1H3,(H,6,7);;/q;;2*+1/p-2. The molecule has 0 heterocycles. The van der Waals surface area contributed by atoms with Crippen LogP contribution in [0, 0.1) is 0 Å². The molecule has 0 aliphatic carbocycles. The van der Waals surface area contributed by atoms with Crippen molar-refractivity contribution in [3.63, 3.8) is 0 Å². The summed E-state index contributed by atoms with van der Waals surface area (Å²) in [5, 5.41) is 35.7. The van der Waals surface area contributed by atoms with Crippen LogP contribution in [0.25, 0.3) is 0 Å². The van der Waals surface area contributed by atoms with Crippen molar-refractivity contribution in [2.45, 2.75) is 38.9 Å². The van der Waals surface area contributed by atoms with Gasteiger partial charge in [0.25, 0.3) is 0 Å².